The van der Waals surface area contributed by atoms with Gasteiger partial charge in [-0.15, -0.1) is 11.3 Å². The Morgan fingerprint density at radius 2 is 2.35 bits per heavy atom. The molecule has 6 nitrogen and oxygen atoms in total. The van der Waals surface area contributed by atoms with Crippen molar-refractivity contribution in [2.75, 3.05) is 5.32 Å². The molecule has 0 saturated heterocycles. The first-order chi connectivity index (χ1) is 8.08. The van der Waals surface area contributed by atoms with Crippen LogP contribution in [0.4, 0.5) is 5.13 Å². The molecule has 0 bridgehead atoms. The lowest BCUT2D eigenvalue weighted by molar-refractivity contribution is 0.0691. The summed E-state index contributed by atoms with van der Waals surface area (Å²) >= 11 is 1.26. The Hall–Kier alpha value is -1.89. The van der Waals surface area contributed by atoms with Crippen LogP contribution in [0, 0.1) is 13.8 Å². The van der Waals surface area contributed by atoms with Crippen LogP contribution < -0.4 is 5.32 Å². The lowest BCUT2D eigenvalue weighted by Crippen LogP contribution is -2.02. The van der Waals surface area contributed by atoms with Gasteiger partial charge in [0.2, 0.25) is 0 Å². The number of aromatic carboxylic acids is 1. The van der Waals surface area contributed by atoms with Crippen molar-refractivity contribution in [1.82, 2.24) is 10.1 Å². The van der Waals surface area contributed by atoms with Crippen LogP contribution in [-0.2, 0) is 6.54 Å². The summed E-state index contributed by atoms with van der Waals surface area (Å²) in [6, 6.07) is 0. The molecule has 0 unspecified atom stereocenters. The van der Waals surface area contributed by atoms with Crippen molar-refractivity contribution < 1.29 is 14.4 Å². The van der Waals surface area contributed by atoms with Gasteiger partial charge in [-0.25, -0.2) is 9.78 Å². The molecule has 0 amide bonds. The number of hydrogen-bond acceptors (Lipinski definition) is 6. The van der Waals surface area contributed by atoms with E-state index in [1.807, 2.05) is 13.8 Å². The third-order valence-electron chi connectivity index (χ3n) is 2.32. The molecule has 2 aromatic heterocycles. The molecule has 0 aliphatic rings. The van der Waals surface area contributed by atoms with E-state index in [0.717, 1.165) is 17.0 Å². The maximum Gasteiger partial charge on any atom is 0.355 e. The van der Waals surface area contributed by atoms with E-state index in [2.05, 4.69) is 15.5 Å². The van der Waals surface area contributed by atoms with Crippen LogP contribution in [0.3, 0.4) is 0 Å². The summed E-state index contributed by atoms with van der Waals surface area (Å²) in [4.78, 5) is 14.6. The van der Waals surface area contributed by atoms with Crippen molar-refractivity contribution in [3.05, 3.63) is 28.1 Å². The Bertz CT molecular complexity index is 527. The van der Waals surface area contributed by atoms with E-state index in [-0.39, 0.29) is 5.69 Å². The fourth-order valence-electron chi connectivity index (χ4n) is 1.37. The minimum absolute atomic E-state index is 0.0521. The Balaban J connectivity index is 2.05. The third kappa shape index (κ3) is 2.44. The van der Waals surface area contributed by atoms with Crippen LogP contribution in [0.15, 0.2) is 9.90 Å². The molecule has 17 heavy (non-hydrogen) atoms. The van der Waals surface area contributed by atoms with Crippen molar-refractivity contribution >= 4 is 22.4 Å². The highest BCUT2D eigenvalue weighted by molar-refractivity contribution is 7.13. The van der Waals surface area contributed by atoms with Gasteiger partial charge in [0.05, 0.1) is 5.69 Å². The van der Waals surface area contributed by atoms with Crippen molar-refractivity contribution in [3.63, 3.8) is 0 Å². The number of rotatable bonds is 4. The molecule has 2 rings (SSSR count). The van der Waals surface area contributed by atoms with Crippen molar-refractivity contribution in [1.29, 1.82) is 0 Å². The summed E-state index contributed by atoms with van der Waals surface area (Å²) in [5.74, 6) is -0.267. The van der Waals surface area contributed by atoms with Gasteiger partial charge >= 0.3 is 5.97 Å². The molecule has 0 aliphatic carbocycles. The summed E-state index contributed by atoms with van der Waals surface area (Å²) < 4.78 is 5.03. The molecule has 2 N–H and O–H groups in total. The summed E-state index contributed by atoms with van der Waals surface area (Å²) in [6.45, 7) is 4.22. The molecule has 2 aromatic rings. The average molecular weight is 253 g/mol. The molecule has 0 fully saturated rings. The fraction of sp³-hybridized carbons (Fsp3) is 0.300. The monoisotopic (exact) mass is 253 g/mol. The highest BCUT2D eigenvalue weighted by Crippen LogP contribution is 2.18. The molecule has 2 heterocycles. The average Bonchev–Trinajstić information content (AvgIpc) is 2.85. The smallest absolute Gasteiger partial charge is 0.355 e. The molecule has 0 radical (unpaired) electrons. The Labute approximate surface area is 101 Å². The van der Waals surface area contributed by atoms with Gasteiger partial charge in [-0.1, -0.05) is 5.16 Å². The zero-order chi connectivity index (χ0) is 12.4. The maximum atomic E-state index is 10.6. The van der Waals surface area contributed by atoms with Crippen LogP contribution in [0.5, 0.6) is 0 Å². The normalized spacial score (nSPS) is 10.5. The number of carbonyl (C=O) groups is 1. The van der Waals surface area contributed by atoms with Crippen LogP contribution in [-0.4, -0.2) is 21.2 Å². The van der Waals surface area contributed by atoms with E-state index in [9.17, 15) is 4.79 Å². The van der Waals surface area contributed by atoms with Gasteiger partial charge in [0.1, 0.15) is 5.76 Å². The summed E-state index contributed by atoms with van der Waals surface area (Å²) in [5, 5.41) is 17.7. The van der Waals surface area contributed by atoms with Crippen LogP contribution in [0.25, 0.3) is 0 Å². The minimum Gasteiger partial charge on any atom is -0.476 e. The first-order valence-electron chi connectivity index (χ1n) is 4.92. The highest BCUT2D eigenvalue weighted by atomic mass is 32.1. The molecule has 0 spiro atoms. The number of nitrogens with zero attached hydrogens (tertiary/aromatic N) is 2. The quantitative estimate of drug-likeness (QED) is 0.867. The van der Waals surface area contributed by atoms with Gasteiger partial charge in [0.15, 0.2) is 10.8 Å². The van der Waals surface area contributed by atoms with E-state index >= 15 is 0 Å². The van der Waals surface area contributed by atoms with E-state index in [0.29, 0.717) is 11.7 Å². The molecular weight excluding hydrogens is 242 g/mol. The van der Waals surface area contributed by atoms with Crippen LogP contribution >= 0.6 is 11.3 Å². The third-order valence-corrected chi connectivity index (χ3v) is 3.12. The predicted octanol–water partition coefficient (Wildman–Crippen LogP) is 2.06. The number of nitrogens with one attached hydrogen (secondary N) is 1. The van der Waals surface area contributed by atoms with Crippen molar-refractivity contribution in [3.8, 4) is 0 Å². The summed E-state index contributed by atoms with van der Waals surface area (Å²) in [6.07, 6.45) is 0. The minimum atomic E-state index is -1.02. The van der Waals surface area contributed by atoms with Gasteiger partial charge in [-0.05, 0) is 13.8 Å². The lowest BCUT2D eigenvalue weighted by atomic mass is 10.2. The number of aryl methyl sites for hydroxylation is 2. The van der Waals surface area contributed by atoms with Gasteiger partial charge in [-0.2, -0.15) is 0 Å². The molecule has 90 valence electrons. The number of hydrogen-bond donors (Lipinski definition) is 2. The van der Waals surface area contributed by atoms with E-state index < -0.39 is 5.97 Å². The summed E-state index contributed by atoms with van der Waals surface area (Å²) in [5.41, 5.74) is 1.85. The van der Waals surface area contributed by atoms with E-state index in [1.54, 1.807) is 0 Å². The molecule has 7 heteroatoms. The largest absolute Gasteiger partial charge is 0.476 e. The summed E-state index contributed by atoms with van der Waals surface area (Å²) in [7, 11) is 0. The SMILES string of the molecule is Cc1noc(C)c1CNc1nc(C(=O)O)cs1. The fourth-order valence-corrected chi connectivity index (χ4v) is 2.05. The first-order valence-corrected chi connectivity index (χ1v) is 5.80. The Morgan fingerprint density at radius 1 is 1.59 bits per heavy atom. The van der Waals surface area contributed by atoms with Crippen molar-refractivity contribution in [2.45, 2.75) is 20.4 Å². The van der Waals surface area contributed by atoms with E-state index in [4.69, 9.17) is 9.63 Å². The van der Waals surface area contributed by atoms with Gasteiger partial charge in [0, 0.05) is 17.5 Å². The number of carboxylic acid groups (broad SMARTS) is 1. The number of carboxylic acids is 1. The van der Waals surface area contributed by atoms with Crippen LogP contribution in [0.1, 0.15) is 27.5 Å². The first kappa shape index (κ1) is 11.6. The topological polar surface area (TPSA) is 88.3 Å². The lowest BCUT2D eigenvalue weighted by Gasteiger charge is -2.00. The van der Waals surface area contributed by atoms with Gasteiger partial charge in [0.25, 0.3) is 0 Å². The van der Waals surface area contributed by atoms with E-state index in [1.165, 1.54) is 16.7 Å². The second-order valence-electron chi connectivity index (χ2n) is 3.50. The Morgan fingerprint density at radius 3 is 2.88 bits per heavy atom. The zero-order valence-electron chi connectivity index (χ0n) is 9.35. The molecule has 0 aromatic carbocycles. The zero-order valence-corrected chi connectivity index (χ0v) is 10.2. The maximum absolute atomic E-state index is 10.6. The van der Waals surface area contributed by atoms with Crippen LogP contribution in [0.2, 0.25) is 0 Å². The highest BCUT2D eigenvalue weighted by Gasteiger charge is 2.11. The number of anilines is 1. The molecule has 0 aliphatic heterocycles. The number of aromatic nitrogens is 2. The second kappa shape index (κ2) is 4.54. The van der Waals surface area contributed by atoms with Gasteiger partial charge < -0.3 is 14.9 Å². The standard InChI is InChI=1S/C10H11N3O3S/c1-5-7(6(2)16-13-5)3-11-10-12-8(4-17-10)9(14)15/h4H,3H2,1-2H3,(H,11,12)(H,14,15). The Kier molecular flexibility index (Phi) is 3.10. The van der Waals surface area contributed by atoms with Gasteiger partial charge in [-0.3, -0.25) is 0 Å². The predicted molar refractivity (Wildman–Crippen MR) is 62.4 cm³/mol. The molecule has 0 saturated carbocycles. The second-order valence-corrected chi connectivity index (χ2v) is 4.36. The molecule has 0 atom stereocenters. The number of thiazole rings is 1. The van der Waals surface area contributed by atoms with Crippen molar-refractivity contribution in [2.24, 2.45) is 0 Å². The molecular formula is C10H11N3O3S.